The maximum atomic E-state index is 14.7. The highest BCUT2D eigenvalue weighted by Gasteiger charge is 2.45. The second-order valence-corrected chi connectivity index (χ2v) is 7.86. The maximum absolute atomic E-state index is 14.7. The first-order chi connectivity index (χ1) is 16.4. The molecule has 174 valence electrons. The van der Waals surface area contributed by atoms with Crippen molar-refractivity contribution in [3.63, 3.8) is 0 Å². The summed E-state index contributed by atoms with van der Waals surface area (Å²) in [6.45, 7) is -0.0778. The number of nitrogens with one attached hydrogen (secondary N) is 1. The van der Waals surface area contributed by atoms with Crippen molar-refractivity contribution in [1.82, 2.24) is 14.9 Å². The minimum Gasteiger partial charge on any atom is -0.497 e. The molecule has 2 aromatic carbocycles. The van der Waals surface area contributed by atoms with Crippen molar-refractivity contribution in [1.29, 1.82) is 0 Å². The molecule has 0 saturated carbocycles. The molecule has 11 heteroatoms. The van der Waals surface area contributed by atoms with Crippen LogP contribution in [0.4, 0.5) is 24.7 Å². The number of fused-ring (bicyclic) bond motifs is 2. The van der Waals surface area contributed by atoms with Gasteiger partial charge < -0.3 is 29.2 Å². The lowest BCUT2D eigenvalue weighted by molar-refractivity contribution is -0.134. The number of hydrogen-bond acceptors (Lipinski definition) is 8. The van der Waals surface area contributed by atoms with Gasteiger partial charge in [-0.3, -0.25) is 0 Å². The zero-order valence-corrected chi connectivity index (χ0v) is 17.6. The zero-order valence-electron chi connectivity index (χ0n) is 18.6. The Kier molecular flexibility index (Phi) is 4.97. The van der Waals surface area contributed by atoms with E-state index < -0.39 is 24.4 Å². The van der Waals surface area contributed by atoms with Gasteiger partial charge >= 0.3 is 0 Å². The van der Waals surface area contributed by atoms with Crippen LogP contribution in [-0.2, 0) is 0 Å². The second-order valence-electron chi connectivity index (χ2n) is 7.86. The molecular formula is C22H21F3N4O4. The first kappa shape index (κ1) is 20.2. The maximum Gasteiger partial charge on any atom is 0.296 e. The van der Waals surface area contributed by atoms with E-state index in [1.165, 1.54) is 35.5 Å². The van der Waals surface area contributed by atoms with Crippen molar-refractivity contribution in [2.24, 2.45) is 0 Å². The molecule has 0 bridgehead atoms. The minimum atomic E-state index is -3.10. The Morgan fingerprint density at radius 3 is 2.97 bits per heavy atom. The van der Waals surface area contributed by atoms with Crippen molar-refractivity contribution in [2.45, 2.75) is 18.4 Å². The predicted molar refractivity (Wildman–Crippen MR) is 113 cm³/mol. The molecule has 1 fully saturated rings. The third kappa shape index (κ3) is 3.92. The summed E-state index contributed by atoms with van der Waals surface area (Å²) in [5.74, 6) is -2.82. The summed E-state index contributed by atoms with van der Waals surface area (Å²) in [5, 5.41) is 3.14. The van der Waals surface area contributed by atoms with Crippen molar-refractivity contribution in [3.8, 4) is 23.0 Å². The van der Waals surface area contributed by atoms with Gasteiger partial charge in [-0.1, -0.05) is 0 Å². The molecule has 5 rings (SSSR count). The number of rotatable bonds is 5. The highest BCUT2D eigenvalue weighted by molar-refractivity contribution is 5.97. The summed E-state index contributed by atoms with van der Waals surface area (Å²) in [7, 11) is 1.24. The first-order valence-corrected chi connectivity index (χ1v) is 10.1. The van der Waals surface area contributed by atoms with Crippen LogP contribution in [0.1, 0.15) is 7.79 Å². The number of halogens is 3. The fraction of sp³-hybridized carbons (Fsp3) is 0.364. The van der Waals surface area contributed by atoms with Crippen molar-refractivity contribution in [2.75, 3.05) is 39.3 Å². The number of hydrogen-bond donors (Lipinski definition) is 1. The van der Waals surface area contributed by atoms with E-state index in [9.17, 15) is 13.2 Å². The van der Waals surface area contributed by atoms with Gasteiger partial charge in [-0.25, -0.2) is 23.1 Å². The number of likely N-dealkylation sites (tertiary alicyclic amines) is 1. The number of benzene rings is 2. The van der Waals surface area contributed by atoms with Gasteiger partial charge in [-0.05, 0) is 19.2 Å². The van der Waals surface area contributed by atoms with Crippen LogP contribution in [0.2, 0.25) is 0 Å². The molecule has 8 nitrogen and oxygen atoms in total. The standard InChI is InChI=1S/C22H21F3N4O4/c1-29-6-5-17(22(24,25)9-29)33-16-8-12(30-2)7-14-18(16)21(27-10-26-14)28-19-13(23)3-4-15-20(19)32-11-31-15/h3-4,7-8,10,17H,5-6,9,11H2,1-2H3,(H,26,27,28)/t17-/m0/s1/i2D. The molecule has 0 radical (unpaired) electrons. The summed E-state index contributed by atoms with van der Waals surface area (Å²) in [5.41, 5.74) is 0.289. The summed E-state index contributed by atoms with van der Waals surface area (Å²) in [6, 6.07) is 5.60. The molecule has 0 unspecified atom stereocenters. The Balaban J connectivity index is 1.60. The van der Waals surface area contributed by atoms with Gasteiger partial charge in [-0.2, -0.15) is 0 Å². The summed E-state index contributed by atoms with van der Waals surface area (Å²) in [6.07, 6.45) is -0.0703. The molecule has 2 aliphatic rings. The van der Waals surface area contributed by atoms with Crippen LogP contribution in [0.3, 0.4) is 0 Å². The van der Waals surface area contributed by atoms with Crippen LogP contribution in [0.15, 0.2) is 30.6 Å². The Morgan fingerprint density at radius 2 is 2.15 bits per heavy atom. The van der Waals surface area contributed by atoms with Crippen LogP contribution in [0, 0.1) is 5.82 Å². The smallest absolute Gasteiger partial charge is 0.296 e. The SMILES string of the molecule is [2H]COc1cc(O[C@H]2CCN(C)CC2(F)F)c2c(Nc3c(F)ccc4c3OCO4)ncnc2c1. The topological polar surface area (TPSA) is 78.0 Å². The van der Waals surface area contributed by atoms with Crippen LogP contribution in [0.25, 0.3) is 10.9 Å². The lowest BCUT2D eigenvalue weighted by atomic mass is 10.0. The third-order valence-corrected chi connectivity index (χ3v) is 5.57. The van der Waals surface area contributed by atoms with Gasteiger partial charge in [0.05, 0.1) is 25.9 Å². The number of aromatic nitrogens is 2. The minimum absolute atomic E-state index is 0.0166. The number of methoxy groups -OCH3 is 1. The predicted octanol–water partition coefficient (Wildman–Crippen LogP) is 3.97. The van der Waals surface area contributed by atoms with E-state index in [1.807, 2.05) is 0 Å². The first-order valence-electron chi connectivity index (χ1n) is 10.9. The Bertz CT molecular complexity index is 1230. The van der Waals surface area contributed by atoms with Crippen LogP contribution in [-0.4, -0.2) is 60.9 Å². The van der Waals surface area contributed by atoms with E-state index in [-0.39, 0.29) is 54.4 Å². The highest BCUT2D eigenvalue weighted by atomic mass is 19.3. The van der Waals surface area contributed by atoms with Crippen molar-refractivity contribution < 1.29 is 33.5 Å². The summed E-state index contributed by atoms with van der Waals surface area (Å²) in [4.78, 5) is 9.95. The van der Waals surface area contributed by atoms with E-state index in [2.05, 4.69) is 15.3 Å². The van der Waals surface area contributed by atoms with E-state index >= 15 is 0 Å². The van der Waals surface area contributed by atoms with E-state index in [0.29, 0.717) is 17.8 Å². The largest absolute Gasteiger partial charge is 0.497 e. The van der Waals surface area contributed by atoms with Crippen LogP contribution in [0.5, 0.6) is 23.0 Å². The van der Waals surface area contributed by atoms with Crippen LogP contribution >= 0.6 is 0 Å². The number of piperidine rings is 1. The number of nitrogens with zero attached hydrogens (tertiary/aromatic N) is 3. The fourth-order valence-corrected chi connectivity index (χ4v) is 3.97. The Hall–Kier alpha value is -3.47. The molecule has 2 aliphatic heterocycles. The molecule has 3 heterocycles. The van der Waals surface area contributed by atoms with Gasteiger partial charge in [-0.15, -0.1) is 0 Å². The van der Waals surface area contributed by atoms with E-state index in [1.54, 1.807) is 7.05 Å². The van der Waals surface area contributed by atoms with Crippen LogP contribution < -0.4 is 24.3 Å². The highest BCUT2D eigenvalue weighted by Crippen LogP contribution is 2.44. The van der Waals surface area contributed by atoms with Gasteiger partial charge in [0, 0.05) is 25.1 Å². The molecule has 1 saturated heterocycles. The lowest BCUT2D eigenvalue weighted by Gasteiger charge is -2.36. The zero-order chi connectivity index (χ0) is 23.9. The van der Waals surface area contributed by atoms with E-state index in [4.69, 9.17) is 20.3 Å². The number of alkyl halides is 2. The van der Waals surface area contributed by atoms with Gasteiger partial charge in [0.1, 0.15) is 29.3 Å². The van der Waals surface area contributed by atoms with Gasteiger partial charge in [0.15, 0.2) is 23.4 Å². The molecular weight excluding hydrogens is 441 g/mol. The second kappa shape index (κ2) is 8.14. The average molecular weight is 463 g/mol. The molecule has 3 aromatic rings. The normalized spacial score (nSPS) is 19.9. The molecule has 0 amide bonds. The molecule has 33 heavy (non-hydrogen) atoms. The Labute approximate surface area is 188 Å². The molecule has 1 atom stereocenters. The molecule has 0 spiro atoms. The molecule has 0 aliphatic carbocycles. The van der Waals surface area contributed by atoms with Gasteiger partial charge in [0.25, 0.3) is 5.92 Å². The van der Waals surface area contributed by atoms with Crippen molar-refractivity contribution >= 4 is 22.4 Å². The number of anilines is 2. The monoisotopic (exact) mass is 463 g/mol. The Morgan fingerprint density at radius 1 is 1.27 bits per heavy atom. The van der Waals surface area contributed by atoms with Crippen molar-refractivity contribution in [3.05, 3.63) is 36.4 Å². The third-order valence-electron chi connectivity index (χ3n) is 5.57. The average Bonchev–Trinajstić information content (AvgIpc) is 3.26. The quantitative estimate of drug-likeness (QED) is 0.609. The van der Waals surface area contributed by atoms with Gasteiger partial charge in [0.2, 0.25) is 6.79 Å². The fourth-order valence-electron chi connectivity index (χ4n) is 3.97. The molecule has 1 N–H and O–H groups in total. The lowest BCUT2D eigenvalue weighted by Crippen LogP contribution is -2.52. The summed E-state index contributed by atoms with van der Waals surface area (Å²) < 4.78 is 73.3. The molecule has 1 aromatic heterocycles. The van der Waals surface area contributed by atoms with E-state index in [0.717, 1.165) is 0 Å². The summed E-state index contributed by atoms with van der Waals surface area (Å²) >= 11 is 0. The number of ether oxygens (including phenoxy) is 4.